The fraction of sp³-hybridized carbons (Fsp3) is 0.647. The molecule has 1 saturated heterocycles. The van der Waals surface area contributed by atoms with Gasteiger partial charge >= 0.3 is 0 Å². The number of carbonyl (C=O) groups excluding carboxylic acids is 1. The molecule has 6 nitrogen and oxygen atoms in total. The number of rotatable bonds is 6. The van der Waals surface area contributed by atoms with E-state index in [1.807, 2.05) is 18.3 Å². The molecule has 1 aromatic rings. The predicted molar refractivity (Wildman–Crippen MR) is 92.8 cm³/mol. The van der Waals surface area contributed by atoms with Crippen LogP contribution in [0.3, 0.4) is 0 Å². The van der Waals surface area contributed by atoms with Crippen molar-refractivity contribution >= 4 is 17.4 Å². The van der Waals surface area contributed by atoms with Gasteiger partial charge in [-0.2, -0.15) is 0 Å². The molecule has 1 N–H and O–H groups in total. The SMILES string of the molecule is CCN(CC(=O)Nc1ccc(N2CCN(C)CC2)cn1)C1CC1. The van der Waals surface area contributed by atoms with E-state index in [4.69, 9.17) is 0 Å². The molecule has 1 aliphatic heterocycles. The summed E-state index contributed by atoms with van der Waals surface area (Å²) in [4.78, 5) is 23.4. The molecule has 2 heterocycles. The van der Waals surface area contributed by atoms with Gasteiger partial charge in [-0.15, -0.1) is 0 Å². The van der Waals surface area contributed by atoms with Gasteiger partial charge in [-0.3, -0.25) is 9.69 Å². The van der Waals surface area contributed by atoms with Crippen LogP contribution in [0.1, 0.15) is 19.8 Å². The minimum absolute atomic E-state index is 0.0265. The minimum atomic E-state index is 0.0265. The second kappa shape index (κ2) is 7.27. The number of likely N-dealkylation sites (N-methyl/N-ethyl adjacent to an activating group) is 2. The standard InChI is InChI=1S/C17H27N5O/c1-3-21(14-4-5-14)13-17(23)19-16-7-6-15(12-18-16)22-10-8-20(2)9-11-22/h6-7,12,14H,3-5,8-11,13H2,1-2H3,(H,18,19,23). The summed E-state index contributed by atoms with van der Waals surface area (Å²) in [6.45, 7) is 7.69. The Balaban J connectivity index is 1.51. The van der Waals surface area contributed by atoms with Crippen LogP contribution >= 0.6 is 0 Å². The lowest BCUT2D eigenvalue weighted by Gasteiger charge is -2.33. The number of aromatic nitrogens is 1. The first kappa shape index (κ1) is 16.2. The van der Waals surface area contributed by atoms with Crippen molar-refractivity contribution in [2.45, 2.75) is 25.8 Å². The zero-order chi connectivity index (χ0) is 16.2. The number of hydrogen-bond donors (Lipinski definition) is 1. The third kappa shape index (κ3) is 4.42. The van der Waals surface area contributed by atoms with Crippen molar-refractivity contribution in [2.75, 3.05) is 56.5 Å². The third-order valence-electron chi connectivity index (χ3n) is 4.70. The second-order valence-electron chi connectivity index (χ2n) is 6.53. The molecule has 1 saturated carbocycles. The first-order valence-electron chi connectivity index (χ1n) is 8.59. The normalized spacial score (nSPS) is 19.2. The van der Waals surface area contributed by atoms with Gasteiger partial charge in [0.2, 0.25) is 5.91 Å². The fourth-order valence-electron chi connectivity index (χ4n) is 3.02. The van der Waals surface area contributed by atoms with Gasteiger partial charge < -0.3 is 15.1 Å². The van der Waals surface area contributed by atoms with Gasteiger partial charge in [0, 0.05) is 32.2 Å². The van der Waals surface area contributed by atoms with E-state index in [1.165, 1.54) is 12.8 Å². The molecule has 2 aliphatic rings. The van der Waals surface area contributed by atoms with Crippen molar-refractivity contribution in [1.29, 1.82) is 0 Å². The number of nitrogens with zero attached hydrogens (tertiary/aromatic N) is 4. The molecule has 0 atom stereocenters. The Morgan fingerprint density at radius 3 is 2.61 bits per heavy atom. The van der Waals surface area contributed by atoms with Crippen LogP contribution in [-0.4, -0.2) is 73.0 Å². The average molecular weight is 317 g/mol. The van der Waals surface area contributed by atoms with Crippen molar-refractivity contribution in [1.82, 2.24) is 14.8 Å². The zero-order valence-corrected chi connectivity index (χ0v) is 14.2. The summed E-state index contributed by atoms with van der Waals surface area (Å²) < 4.78 is 0. The Kier molecular flexibility index (Phi) is 5.13. The zero-order valence-electron chi connectivity index (χ0n) is 14.2. The van der Waals surface area contributed by atoms with E-state index in [0.29, 0.717) is 18.4 Å². The molecule has 0 bridgehead atoms. The number of nitrogens with one attached hydrogen (secondary N) is 1. The number of piperazine rings is 1. The molecule has 6 heteroatoms. The molecule has 3 rings (SSSR count). The minimum Gasteiger partial charge on any atom is -0.368 e. The molecule has 1 aliphatic carbocycles. The monoisotopic (exact) mass is 317 g/mol. The average Bonchev–Trinajstić information content (AvgIpc) is 3.39. The molecule has 2 fully saturated rings. The van der Waals surface area contributed by atoms with Crippen LogP contribution in [0.5, 0.6) is 0 Å². The Morgan fingerprint density at radius 1 is 1.30 bits per heavy atom. The molecule has 0 aromatic carbocycles. The van der Waals surface area contributed by atoms with E-state index in [0.717, 1.165) is 38.4 Å². The predicted octanol–water partition coefficient (Wildman–Crippen LogP) is 1.26. The first-order chi connectivity index (χ1) is 11.2. The lowest BCUT2D eigenvalue weighted by molar-refractivity contribution is -0.117. The summed E-state index contributed by atoms with van der Waals surface area (Å²) in [6.07, 6.45) is 4.30. The molecule has 23 heavy (non-hydrogen) atoms. The first-order valence-corrected chi connectivity index (χ1v) is 8.59. The lowest BCUT2D eigenvalue weighted by atomic mass is 10.3. The van der Waals surface area contributed by atoms with Crippen molar-refractivity contribution in [3.05, 3.63) is 18.3 Å². The van der Waals surface area contributed by atoms with E-state index in [1.54, 1.807) is 0 Å². The van der Waals surface area contributed by atoms with Crippen molar-refractivity contribution < 1.29 is 4.79 Å². The summed E-state index contributed by atoms with van der Waals surface area (Å²) in [5, 5.41) is 2.91. The second-order valence-corrected chi connectivity index (χ2v) is 6.53. The topological polar surface area (TPSA) is 51.7 Å². The highest BCUT2D eigenvalue weighted by atomic mass is 16.2. The summed E-state index contributed by atoms with van der Waals surface area (Å²) in [7, 11) is 2.15. The summed E-state index contributed by atoms with van der Waals surface area (Å²) in [6, 6.07) is 4.56. The van der Waals surface area contributed by atoms with Crippen LogP contribution < -0.4 is 10.2 Å². The third-order valence-corrected chi connectivity index (χ3v) is 4.70. The quantitative estimate of drug-likeness (QED) is 0.856. The molecule has 0 radical (unpaired) electrons. The number of hydrogen-bond acceptors (Lipinski definition) is 5. The van der Waals surface area contributed by atoms with Gasteiger partial charge in [-0.1, -0.05) is 6.92 Å². The van der Waals surface area contributed by atoms with E-state index >= 15 is 0 Å². The maximum absolute atomic E-state index is 12.1. The van der Waals surface area contributed by atoms with E-state index < -0.39 is 0 Å². The molecule has 126 valence electrons. The van der Waals surface area contributed by atoms with Gasteiger partial charge in [-0.05, 0) is 38.6 Å². The highest BCUT2D eigenvalue weighted by Crippen LogP contribution is 2.26. The lowest BCUT2D eigenvalue weighted by Crippen LogP contribution is -2.44. The van der Waals surface area contributed by atoms with Crippen LogP contribution in [0.2, 0.25) is 0 Å². The van der Waals surface area contributed by atoms with Crippen LogP contribution in [0.4, 0.5) is 11.5 Å². The Labute approximate surface area is 138 Å². The van der Waals surface area contributed by atoms with E-state index in [9.17, 15) is 4.79 Å². The Morgan fingerprint density at radius 2 is 2.04 bits per heavy atom. The Bertz CT molecular complexity index is 520. The van der Waals surface area contributed by atoms with Gasteiger partial charge in [-0.25, -0.2) is 4.98 Å². The van der Waals surface area contributed by atoms with Gasteiger partial charge in [0.1, 0.15) is 5.82 Å². The van der Waals surface area contributed by atoms with Crippen molar-refractivity contribution in [2.24, 2.45) is 0 Å². The maximum atomic E-state index is 12.1. The number of pyridine rings is 1. The number of carbonyl (C=O) groups is 1. The van der Waals surface area contributed by atoms with Crippen LogP contribution in [0.25, 0.3) is 0 Å². The van der Waals surface area contributed by atoms with Crippen LogP contribution in [0.15, 0.2) is 18.3 Å². The molecular formula is C17H27N5O. The fourth-order valence-corrected chi connectivity index (χ4v) is 3.02. The highest BCUT2D eigenvalue weighted by molar-refractivity contribution is 5.91. The van der Waals surface area contributed by atoms with Crippen LogP contribution in [0, 0.1) is 0 Å². The Hall–Kier alpha value is -1.66. The summed E-state index contributed by atoms with van der Waals surface area (Å²) >= 11 is 0. The van der Waals surface area contributed by atoms with Crippen molar-refractivity contribution in [3.8, 4) is 0 Å². The van der Waals surface area contributed by atoms with Gasteiger partial charge in [0.15, 0.2) is 0 Å². The molecule has 0 spiro atoms. The van der Waals surface area contributed by atoms with Gasteiger partial charge in [0.25, 0.3) is 0 Å². The molecular weight excluding hydrogens is 290 g/mol. The highest BCUT2D eigenvalue weighted by Gasteiger charge is 2.29. The number of amides is 1. The van der Waals surface area contributed by atoms with E-state index in [-0.39, 0.29) is 5.91 Å². The maximum Gasteiger partial charge on any atom is 0.239 e. The smallest absolute Gasteiger partial charge is 0.239 e. The molecule has 1 aromatic heterocycles. The molecule has 1 amide bonds. The number of anilines is 2. The van der Waals surface area contributed by atoms with Crippen molar-refractivity contribution in [3.63, 3.8) is 0 Å². The molecule has 0 unspecified atom stereocenters. The van der Waals surface area contributed by atoms with Crippen LogP contribution in [-0.2, 0) is 4.79 Å². The van der Waals surface area contributed by atoms with Gasteiger partial charge in [0.05, 0.1) is 18.4 Å². The largest absolute Gasteiger partial charge is 0.368 e. The van der Waals surface area contributed by atoms with E-state index in [2.05, 4.69) is 39.0 Å². The summed E-state index contributed by atoms with van der Waals surface area (Å²) in [5.74, 6) is 0.665. The summed E-state index contributed by atoms with van der Waals surface area (Å²) in [5.41, 5.74) is 1.13.